The van der Waals surface area contributed by atoms with E-state index < -0.39 is 0 Å². The summed E-state index contributed by atoms with van der Waals surface area (Å²) in [5.74, 6) is 1.04. The summed E-state index contributed by atoms with van der Waals surface area (Å²) >= 11 is 0. The highest BCUT2D eigenvalue weighted by molar-refractivity contribution is 5.78. The van der Waals surface area contributed by atoms with Gasteiger partial charge in [-0.1, -0.05) is 19.1 Å². The molecule has 2 aliphatic rings. The zero-order valence-electron chi connectivity index (χ0n) is 15.4. The molecule has 1 atom stereocenters. The van der Waals surface area contributed by atoms with Crippen LogP contribution < -0.4 is 4.90 Å². The second kappa shape index (κ2) is 7.56. The second-order valence-corrected chi connectivity index (χ2v) is 7.57. The number of piperazine rings is 1. The van der Waals surface area contributed by atoms with Crippen molar-refractivity contribution < 1.29 is 4.79 Å². The Morgan fingerprint density at radius 1 is 1.12 bits per heavy atom. The second-order valence-electron chi connectivity index (χ2n) is 7.57. The molecule has 4 heteroatoms. The Morgan fingerprint density at radius 2 is 1.88 bits per heavy atom. The largest absolute Gasteiger partial charge is 0.368 e. The summed E-state index contributed by atoms with van der Waals surface area (Å²) in [7, 11) is 0. The first-order valence-corrected chi connectivity index (χ1v) is 9.36. The SMILES string of the molecule is Cc1cccc(N2CCN(C(=O)CN3CCCC(C)C3)CC2)c1C. The number of piperidine rings is 1. The summed E-state index contributed by atoms with van der Waals surface area (Å²) in [5, 5.41) is 0. The Kier molecular flexibility index (Phi) is 5.44. The normalized spacial score (nSPS) is 22.7. The Labute approximate surface area is 146 Å². The predicted octanol–water partition coefficient (Wildman–Crippen LogP) is 2.68. The topological polar surface area (TPSA) is 26.8 Å². The summed E-state index contributed by atoms with van der Waals surface area (Å²) in [5.41, 5.74) is 4.02. The molecule has 0 spiro atoms. The number of benzene rings is 1. The number of hydrogen-bond acceptors (Lipinski definition) is 3. The summed E-state index contributed by atoms with van der Waals surface area (Å²) in [6, 6.07) is 6.50. The number of aryl methyl sites for hydroxylation is 1. The van der Waals surface area contributed by atoms with Crippen LogP contribution in [0.25, 0.3) is 0 Å². The van der Waals surface area contributed by atoms with E-state index in [1.165, 1.54) is 29.7 Å². The third kappa shape index (κ3) is 3.92. The Balaban J connectivity index is 1.53. The van der Waals surface area contributed by atoms with Crippen molar-refractivity contribution in [1.29, 1.82) is 0 Å². The molecule has 1 aromatic rings. The molecular weight excluding hydrogens is 298 g/mol. The van der Waals surface area contributed by atoms with Crippen molar-refractivity contribution in [3.8, 4) is 0 Å². The molecule has 3 rings (SSSR count). The lowest BCUT2D eigenvalue weighted by Crippen LogP contribution is -2.52. The molecule has 0 aromatic heterocycles. The maximum atomic E-state index is 12.6. The standard InChI is InChI=1S/C20H31N3O/c1-16-6-5-9-21(14-16)15-20(24)23-12-10-22(11-13-23)19-8-4-7-17(2)18(19)3/h4,7-8,16H,5-6,9-15H2,1-3H3. The summed E-state index contributed by atoms with van der Waals surface area (Å²) in [6.45, 7) is 13.0. The van der Waals surface area contributed by atoms with Crippen LogP contribution in [0.3, 0.4) is 0 Å². The zero-order chi connectivity index (χ0) is 17.1. The molecule has 0 bridgehead atoms. The van der Waals surface area contributed by atoms with E-state index in [0.29, 0.717) is 12.5 Å². The molecule has 2 heterocycles. The van der Waals surface area contributed by atoms with Crippen molar-refractivity contribution in [3.05, 3.63) is 29.3 Å². The minimum Gasteiger partial charge on any atom is -0.368 e. The number of carbonyl (C=O) groups is 1. The third-order valence-electron chi connectivity index (χ3n) is 5.65. The maximum Gasteiger partial charge on any atom is 0.236 e. The van der Waals surface area contributed by atoms with Gasteiger partial charge in [0.25, 0.3) is 0 Å². The lowest BCUT2D eigenvalue weighted by atomic mass is 10.0. The van der Waals surface area contributed by atoms with E-state index in [-0.39, 0.29) is 0 Å². The quantitative estimate of drug-likeness (QED) is 0.853. The van der Waals surface area contributed by atoms with Crippen molar-refractivity contribution in [3.63, 3.8) is 0 Å². The van der Waals surface area contributed by atoms with Crippen LogP contribution in [0.4, 0.5) is 5.69 Å². The number of likely N-dealkylation sites (tertiary alicyclic amines) is 1. The lowest BCUT2D eigenvalue weighted by molar-refractivity contribution is -0.133. The first-order chi connectivity index (χ1) is 11.5. The van der Waals surface area contributed by atoms with Gasteiger partial charge >= 0.3 is 0 Å². The smallest absolute Gasteiger partial charge is 0.236 e. The molecule has 0 aliphatic carbocycles. The summed E-state index contributed by atoms with van der Waals surface area (Å²) in [6.07, 6.45) is 2.54. The Bertz CT molecular complexity index is 578. The van der Waals surface area contributed by atoms with Gasteiger partial charge in [-0.3, -0.25) is 9.69 Å². The van der Waals surface area contributed by atoms with E-state index in [1.54, 1.807) is 0 Å². The van der Waals surface area contributed by atoms with Crippen molar-refractivity contribution in [2.75, 3.05) is 50.7 Å². The van der Waals surface area contributed by atoms with Crippen LogP contribution in [0.5, 0.6) is 0 Å². The van der Waals surface area contributed by atoms with E-state index in [1.807, 2.05) is 0 Å². The average Bonchev–Trinajstić information content (AvgIpc) is 2.57. The van der Waals surface area contributed by atoms with E-state index in [0.717, 1.165) is 45.2 Å². The Hall–Kier alpha value is -1.55. The van der Waals surface area contributed by atoms with Crippen LogP contribution in [0.2, 0.25) is 0 Å². The van der Waals surface area contributed by atoms with Crippen LogP contribution >= 0.6 is 0 Å². The average molecular weight is 329 g/mol. The number of rotatable bonds is 3. The van der Waals surface area contributed by atoms with Gasteiger partial charge in [0, 0.05) is 38.4 Å². The highest BCUT2D eigenvalue weighted by Crippen LogP contribution is 2.24. The predicted molar refractivity (Wildman–Crippen MR) is 99.5 cm³/mol. The van der Waals surface area contributed by atoms with Gasteiger partial charge < -0.3 is 9.80 Å². The molecule has 0 N–H and O–H groups in total. The monoisotopic (exact) mass is 329 g/mol. The summed E-state index contributed by atoms with van der Waals surface area (Å²) in [4.78, 5) is 19.4. The van der Waals surface area contributed by atoms with Crippen molar-refractivity contribution in [2.24, 2.45) is 5.92 Å². The molecule has 4 nitrogen and oxygen atoms in total. The van der Waals surface area contributed by atoms with E-state index >= 15 is 0 Å². The van der Waals surface area contributed by atoms with Gasteiger partial charge in [-0.2, -0.15) is 0 Å². The van der Waals surface area contributed by atoms with E-state index in [9.17, 15) is 4.79 Å². The van der Waals surface area contributed by atoms with Crippen LogP contribution in [-0.4, -0.2) is 61.5 Å². The van der Waals surface area contributed by atoms with Gasteiger partial charge in [0.1, 0.15) is 0 Å². The molecule has 2 fully saturated rings. The highest BCUT2D eigenvalue weighted by atomic mass is 16.2. The Morgan fingerprint density at radius 3 is 2.58 bits per heavy atom. The molecule has 132 valence electrons. The minimum absolute atomic E-state index is 0.310. The van der Waals surface area contributed by atoms with Crippen molar-refractivity contribution in [2.45, 2.75) is 33.6 Å². The van der Waals surface area contributed by atoms with E-state index in [4.69, 9.17) is 0 Å². The molecule has 0 radical (unpaired) electrons. The van der Waals surface area contributed by atoms with Crippen molar-refractivity contribution >= 4 is 11.6 Å². The lowest BCUT2D eigenvalue weighted by Gasteiger charge is -2.38. The summed E-state index contributed by atoms with van der Waals surface area (Å²) < 4.78 is 0. The maximum absolute atomic E-state index is 12.6. The van der Waals surface area contributed by atoms with E-state index in [2.05, 4.69) is 53.7 Å². The molecule has 1 aromatic carbocycles. The minimum atomic E-state index is 0.310. The van der Waals surface area contributed by atoms with Gasteiger partial charge in [0.15, 0.2) is 0 Å². The first kappa shape index (κ1) is 17.3. The molecule has 0 saturated carbocycles. The van der Waals surface area contributed by atoms with Gasteiger partial charge in [-0.05, 0) is 56.3 Å². The molecule has 1 amide bonds. The fourth-order valence-corrected chi connectivity index (χ4v) is 4.00. The fraction of sp³-hybridized carbons (Fsp3) is 0.650. The number of hydrogen-bond donors (Lipinski definition) is 0. The molecular formula is C20H31N3O. The van der Waals surface area contributed by atoms with Crippen molar-refractivity contribution in [1.82, 2.24) is 9.80 Å². The zero-order valence-corrected chi connectivity index (χ0v) is 15.4. The number of amides is 1. The van der Waals surface area contributed by atoms with Gasteiger partial charge in [-0.25, -0.2) is 0 Å². The number of carbonyl (C=O) groups excluding carboxylic acids is 1. The molecule has 2 aliphatic heterocycles. The third-order valence-corrected chi connectivity index (χ3v) is 5.65. The van der Waals surface area contributed by atoms with Gasteiger partial charge in [0.2, 0.25) is 5.91 Å². The van der Waals surface area contributed by atoms with Crippen LogP contribution in [-0.2, 0) is 4.79 Å². The molecule has 1 unspecified atom stereocenters. The van der Waals surface area contributed by atoms with Crippen LogP contribution in [0.15, 0.2) is 18.2 Å². The highest BCUT2D eigenvalue weighted by Gasteiger charge is 2.25. The molecule has 24 heavy (non-hydrogen) atoms. The number of anilines is 1. The van der Waals surface area contributed by atoms with Crippen LogP contribution in [0.1, 0.15) is 30.9 Å². The van der Waals surface area contributed by atoms with Gasteiger partial charge in [0.05, 0.1) is 6.54 Å². The molecule has 2 saturated heterocycles. The van der Waals surface area contributed by atoms with Crippen LogP contribution in [0, 0.1) is 19.8 Å². The first-order valence-electron chi connectivity index (χ1n) is 9.36. The fourth-order valence-electron chi connectivity index (χ4n) is 4.00. The number of nitrogens with zero attached hydrogens (tertiary/aromatic N) is 3. The van der Waals surface area contributed by atoms with Gasteiger partial charge in [-0.15, -0.1) is 0 Å².